The summed E-state index contributed by atoms with van der Waals surface area (Å²) in [6, 6.07) is 7.78. The fraction of sp³-hybridized carbons (Fsp3) is 0.368. The van der Waals surface area contributed by atoms with E-state index in [-0.39, 0.29) is 5.91 Å². The Balaban J connectivity index is 1.88. The van der Waals surface area contributed by atoms with Gasteiger partial charge in [0.25, 0.3) is 5.91 Å². The Bertz CT molecular complexity index is 729. The minimum Gasteiger partial charge on any atom is -0.378 e. The summed E-state index contributed by atoms with van der Waals surface area (Å²) in [4.78, 5) is 19.4. The Morgan fingerprint density at radius 1 is 1.17 bits per heavy atom. The lowest BCUT2D eigenvalue weighted by Crippen LogP contribution is -2.38. The molecule has 0 radical (unpaired) electrons. The summed E-state index contributed by atoms with van der Waals surface area (Å²) < 4.78 is 5.39. The molecule has 1 fully saturated rings. The monoisotopic (exact) mass is 325 g/mol. The van der Waals surface area contributed by atoms with Gasteiger partial charge in [-0.3, -0.25) is 4.79 Å². The molecule has 1 aromatic carbocycles. The van der Waals surface area contributed by atoms with Crippen LogP contribution in [-0.4, -0.2) is 37.2 Å². The number of pyridine rings is 1. The maximum Gasteiger partial charge on any atom is 0.259 e. The average molecular weight is 325 g/mol. The van der Waals surface area contributed by atoms with Gasteiger partial charge in [-0.25, -0.2) is 4.98 Å². The normalized spacial score (nSPS) is 14.5. The topological polar surface area (TPSA) is 54.5 Å². The van der Waals surface area contributed by atoms with Gasteiger partial charge in [0.05, 0.1) is 18.8 Å². The number of benzene rings is 1. The van der Waals surface area contributed by atoms with Crippen LogP contribution >= 0.6 is 0 Å². The number of hydrogen-bond acceptors (Lipinski definition) is 4. The number of ether oxygens (including phenoxy) is 1. The van der Waals surface area contributed by atoms with Crippen LogP contribution in [0.1, 0.15) is 27.0 Å². The van der Waals surface area contributed by atoms with Crippen molar-refractivity contribution < 1.29 is 9.53 Å². The van der Waals surface area contributed by atoms with Gasteiger partial charge in [-0.2, -0.15) is 0 Å². The zero-order chi connectivity index (χ0) is 17.1. The third-order valence-electron chi connectivity index (χ3n) is 4.26. The first-order chi connectivity index (χ1) is 11.6. The number of hydrogen-bond donors (Lipinski definition) is 1. The lowest BCUT2D eigenvalue weighted by Gasteiger charge is -2.29. The van der Waals surface area contributed by atoms with Crippen LogP contribution in [0, 0.1) is 20.8 Å². The second kappa shape index (κ2) is 7.01. The molecule has 1 N–H and O–H groups in total. The summed E-state index contributed by atoms with van der Waals surface area (Å²) in [5.41, 5.74) is 4.80. The zero-order valence-corrected chi connectivity index (χ0v) is 14.4. The molecule has 0 spiro atoms. The number of carbonyl (C=O) groups is 1. The first kappa shape index (κ1) is 16.5. The predicted octanol–water partition coefficient (Wildman–Crippen LogP) is 3.10. The molecule has 1 aliphatic rings. The molecule has 126 valence electrons. The molecule has 1 saturated heterocycles. The number of nitrogens with zero attached hydrogens (tertiary/aromatic N) is 2. The largest absolute Gasteiger partial charge is 0.378 e. The number of morpholine rings is 1. The van der Waals surface area contributed by atoms with Crippen molar-refractivity contribution in [2.45, 2.75) is 20.8 Å². The van der Waals surface area contributed by atoms with Crippen molar-refractivity contribution in [3.63, 3.8) is 0 Å². The highest BCUT2D eigenvalue weighted by Crippen LogP contribution is 2.25. The molecule has 0 saturated carbocycles. The van der Waals surface area contributed by atoms with E-state index in [2.05, 4.69) is 34.3 Å². The average Bonchev–Trinajstić information content (AvgIpc) is 2.58. The summed E-state index contributed by atoms with van der Waals surface area (Å²) >= 11 is 0. The van der Waals surface area contributed by atoms with Crippen LogP contribution in [0.25, 0.3) is 0 Å². The molecule has 1 aromatic heterocycles. The number of rotatable bonds is 3. The van der Waals surface area contributed by atoms with Gasteiger partial charge < -0.3 is 15.0 Å². The smallest absolute Gasteiger partial charge is 0.259 e. The van der Waals surface area contributed by atoms with Gasteiger partial charge in [-0.15, -0.1) is 0 Å². The van der Waals surface area contributed by atoms with Crippen molar-refractivity contribution in [3.8, 4) is 0 Å². The number of amides is 1. The minimum atomic E-state index is -0.125. The van der Waals surface area contributed by atoms with Crippen LogP contribution < -0.4 is 10.2 Å². The molecule has 1 aliphatic heterocycles. The number of carbonyl (C=O) groups excluding carboxylic acids is 1. The van der Waals surface area contributed by atoms with Crippen LogP contribution in [0.5, 0.6) is 0 Å². The predicted molar refractivity (Wildman–Crippen MR) is 95.9 cm³/mol. The highest BCUT2D eigenvalue weighted by molar-refractivity contribution is 6.08. The molecule has 5 nitrogen and oxygen atoms in total. The Morgan fingerprint density at radius 2 is 1.83 bits per heavy atom. The fourth-order valence-electron chi connectivity index (χ4n) is 3.16. The van der Waals surface area contributed by atoms with Gasteiger partial charge in [0, 0.05) is 25.0 Å². The molecule has 0 unspecified atom stereocenters. The standard InChI is InChI=1S/C19H23N3O2/c1-13-11-14(2)17(15(3)12-13)21-19(23)16-5-4-6-20-18(16)22-7-9-24-10-8-22/h4-6,11-12H,7-10H2,1-3H3,(H,21,23). The van der Waals surface area contributed by atoms with Crippen LogP contribution in [-0.2, 0) is 4.74 Å². The van der Waals surface area contributed by atoms with Crippen LogP contribution in [0.4, 0.5) is 11.5 Å². The number of aromatic nitrogens is 1. The quantitative estimate of drug-likeness (QED) is 0.942. The van der Waals surface area contributed by atoms with Gasteiger partial charge in [0.2, 0.25) is 0 Å². The minimum absolute atomic E-state index is 0.125. The molecule has 5 heteroatoms. The van der Waals surface area contributed by atoms with E-state index in [1.807, 2.05) is 19.9 Å². The summed E-state index contributed by atoms with van der Waals surface area (Å²) in [6.45, 7) is 8.91. The van der Waals surface area contributed by atoms with Crippen molar-refractivity contribution in [1.29, 1.82) is 0 Å². The first-order valence-corrected chi connectivity index (χ1v) is 8.23. The van der Waals surface area contributed by atoms with E-state index in [0.717, 1.165) is 35.7 Å². The molecular weight excluding hydrogens is 302 g/mol. The number of nitrogens with one attached hydrogen (secondary N) is 1. The Hall–Kier alpha value is -2.40. The molecule has 0 bridgehead atoms. The van der Waals surface area contributed by atoms with Gasteiger partial charge in [0.1, 0.15) is 5.82 Å². The van der Waals surface area contributed by atoms with Crippen LogP contribution in [0.3, 0.4) is 0 Å². The maximum atomic E-state index is 12.9. The molecule has 0 atom stereocenters. The van der Waals surface area contributed by atoms with Crippen molar-refractivity contribution in [1.82, 2.24) is 4.98 Å². The van der Waals surface area contributed by atoms with Crippen molar-refractivity contribution >= 4 is 17.4 Å². The Labute approximate surface area is 142 Å². The van der Waals surface area contributed by atoms with Crippen molar-refractivity contribution in [2.24, 2.45) is 0 Å². The SMILES string of the molecule is Cc1cc(C)c(NC(=O)c2cccnc2N2CCOCC2)c(C)c1. The lowest BCUT2D eigenvalue weighted by atomic mass is 10.0. The van der Waals surface area contributed by atoms with E-state index in [1.54, 1.807) is 12.3 Å². The summed E-state index contributed by atoms with van der Waals surface area (Å²) in [7, 11) is 0. The van der Waals surface area contributed by atoms with E-state index in [0.29, 0.717) is 18.8 Å². The summed E-state index contributed by atoms with van der Waals surface area (Å²) in [5.74, 6) is 0.598. The lowest BCUT2D eigenvalue weighted by molar-refractivity contribution is 0.102. The molecule has 2 aromatic rings. The van der Waals surface area contributed by atoms with Crippen LogP contribution in [0.2, 0.25) is 0 Å². The Morgan fingerprint density at radius 3 is 2.50 bits per heavy atom. The fourth-order valence-corrected chi connectivity index (χ4v) is 3.16. The van der Waals surface area contributed by atoms with Gasteiger partial charge in [-0.1, -0.05) is 17.7 Å². The molecule has 24 heavy (non-hydrogen) atoms. The van der Waals surface area contributed by atoms with Crippen LogP contribution in [0.15, 0.2) is 30.5 Å². The second-order valence-electron chi connectivity index (χ2n) is 6.20. The van der Waals surface area contributed by atoms with Crippen molar-refractivity contribution in [2.75, 3.05) is 36.5 Å². The zero-order valence-electron chi connectivity index (χ0n) is 14.4. The van der Waals surface area contributed by atoms with E-state index < -0.39 is 0 Å². The van der Waals surface area contributed by atoms with Crippen molar-refractivity contribution in [3.05, 3.63) is 52.7 Å². The van der Waals surface area contributed by atoms with E-state index in [4.69, 9.17) is 4.74 Å². The van der Waals surface area contributed by atoms with Gasteiger partial charge >= 0.3 is 0 Å². The molecule has 0 aliphatic carbocycles. The van der Waals surface area contributed by atoms with E-state index >= 15 is 0 Å². The highest BCUT2D eigenvalue weighted by atomic mass is 16.5. The highest BCUT2D eigenvalue weighted by Gasteiger charge is 2.20. The number of anilines is 2. The van der Waals surface area contributed by atoms with Gasteiger partial charge in [0.15, 0.2) is 0 Å². The first-order valence-electron chi connectivity index (χ1n) is 8.23. The van der Waals surface area contributed by atoms with E-state index in [1.165, 1.54) is 5.56 Å². The molecule has 2 heterocycles. The third-order valence-corrected chi connectivity index (χ3v) is 4.26. The second-order valence-corrected chi connectivity index (χ2v) is 6.20. The van der Waals surface area contributed by atoms with E-state index in [9.17, 15) is 4.79 Å². The third kappa shape index (κ3) is 3.41. The molecule has 1 amide bonds. The molecule has 3 rings (SSSR count). The summed E-state index contributed by atoms with van der Waals surface area (Å²) in [6.07, 6.45) is 1.73. The number of aryl methyl sites for hydroxylation is 3. The van der Waals surface area contributed by atoms with Gasteiger partial charge in [-0.05, 0) is 44.0 Å². The summed E-state index contributed by atoms with van der Waals surface area (Å²) in [5, 5.41) is 3.06. The molecular formula is C19H23N3O2. The maximum absolute atomic E-state index is 12.9. The Kier molecular flexibility index (Phi) is 4.81.